The number of nitrogens with zero attached hydrogens (tertiary/aromatic N) is 2. The van der Waals surface area contributed by atoms with E-state index in [0.29, 0.717) is 15.7 Å². The number of amides is 2. The average molecular weight is 501 g/mol. The molecule has 0 bridgehead atoms. The van der Waals surface area contributed by atoms with Gasteiger partial charge in [0.2, 0.25) is 11.0 Å². The van der Waals surface area contributed by atoms with E-state index in [4.69, 9.17) is 4.74 Å². The molecule has 0 fully saturated rings. The summed E-state index contributed by atoms with van der Waals surface area (Å²) < 4.78 is 5.19. The highest BCUT2D eigenvalue weighted by atomic mass is 32.1. The van der Waals surface area contributed by atoms with Gasteiger partial charge in [-0.1, -0.05) is 74.1 Å². The molecular formula is C28H28N4O3S. The van der Waals surface area contributed by atoms with E-state index in [9.17, 15) is 9.59 Å². The van der Waals surface area contributed by atoms with Crippen LogP contribution < -0.4 is 15.4 Å². The summed E-state index contributed by atoms with van der Waals surface area (Å²) in [4.78, 5) is 26.1. The first-order valence-corrected chi connectivity index (χ1v) is 12.5. The van der Waals surface area contributed by atoms with Crippen molar-refractivity contribution in [3.8, 4) is 27.4 Å². The normalized spacial score (nSPS) is 12.4. The second-order valence-electron chi connectivity index (χ2n) is 8.41. The lowest BCUT2D eigenvalue weighted by atomic mass is 9.97. The first-order chi connectivity index (χ1) is 17.5. The van der Waals surface area contributed by atoms with Crippen molar-refractivity contribution in [2.24, 2.45) is 5.92 Å². The molecule has 2 atom stereocenters. The zero-order valence-electron chi connectivity index (χ0n) is 20.4. The van der Waals surface area contributed by atoms with E-state index in [2.05, 4.69) is 20.8 Å². The SMILES string of the molecule is CCC(C)C(NC(=O)c1ccc(-c2ccccc2)cc1)C(=O)Nc1nnc(-c2ccc(OC)cc2)s1. The minimum Gasteiger partial charge on any atom is -0.497 e. The van der Waals surface area contributed by atoms with Gasteiger partial charge in [0.05, 0.1) is 7.11 Å². The number of hydrogen-bond acceptors (Lipinski definition) is 6. The number of rotatable bonds is 9. The number of carbonyl (C=O) groups excluding carboxylic acids is 2. The lowest BCUT2D eigenvalue weighted by Gasteiger charge is -2.23. The van der Waals surface area contributed by atoms with Crippen molar-refractivity contribution in [2.75, 3.05) is 12.4 Å². The fourth-order valence-corrected chi connectivity index (χ4v) is 4.43. The van der Waals surface area contributed by atoms with Crippen LogP contribution in [0.25, 0.3) is 21.7 Å². The van der Waals surface area contributed by atoms with Crippen LogP contribution >= 0.6 is 11.3 Å². The van der Waals surface area contributed by atoms with E-state index >= 15 is 0 Å². The van der Waals surface area contributed by atoms with Gasteiger partial charge < -0.3 is 10.1 Å². The average Bonchev–Trinajstić information content (AvgIpc) is 3.40. The zero-order valence-corrected chi connectivity index (χ0v) is 21.2. The molecule has 7 nitrogen and oxygen atoms in total. The van der Waals surface area contributed by atoms with E-state index in [1.165, 1.54) is 11.3 Å². The predicted octanol–water partition coefficient (Wildman–Crippen LogP) is 5.66. The summed E-state index contributed by atoms with van der Waals surface area (Å²) in [5.41, 5.74) is 3.47. The third-order valence-electron chi connectivity index (χ3n) is 6.03. The summed E-state index contributed by atoms with van der Waals surface area (Å²) in [5, 5.41) is 15.1. The molecule has 0 radical (unpaired) electrons. The molecule has 36 heavy (non-hydrogen) atoms. The Hall–Kier alpha value is -4.04. The molecule has 2 amide bonds. The predicted molar refractivity (Wildman–Crippen MR) is 143 cm³/mol. The van der Waals surface area contributed by atoms with Crippen LogP contribution in [-0.4, -0.2) is 35.2 Å². The number of carbonyl (C=O) groups is 2. The second-order valence-corrected chi connectivity index (χ2v) is 9.39. The van der Waals surface area contributed by atoms with Crippen LogP contribution in [0.15, 0.2) is 78.9 Å². The largest absolute Gasteiger partial charge is 0.497 e. The molecule has 0 aliphatic heterocycles. The molecule has 2 unspecified atom stereocenters. The molecule has 2 N–H and O–H groups in total. The maximum atomic E-state index is 13.1. The van der Waals surface area contributed by atoms with Gasteiger partial charge in [-0.3, -0.25) is 14.9 Å². The van der Waals surface area contributed by atoms with Gasteiger partial charge in [0, 0.05) is 11.1 Å². The minimum atomic E-state index is -0.718. The van der Waals surface area contributed by atoms with E-state index in [1.807, 2.05) is 80.6 Å². The van der Waals surface area contributed by atoms with E-state index in [1.54, 1.807) is 19.2 Å². The Morgan fingerprint density at radius 3 is 2.17 bits per heavy atom. The number of aromatic nitrogens is 2. The Labute approximate surface area is 214 Å². The Bertz CT molecular complexity index is 1300. The lowest BCUT2D eigenvalue weighted by Crippen LogP contribution is -2.47. The summed E-state index contributed by atoms with van der Waals surface area (Å²) in [5.74, 6) is 0.0486. The van der Waals surface area contributed by atoms with Gasteiger partial charge in [-0.15, -0.1) is 10.2 Å². The molecule has 3 aromatic carbocycles. The first kappa shape index (κ1) is 25.1. The molecule has 1 heterocycles. The van der Waals surface area contributed by atoms with Gasteiger partial charge in [0.25, 0.3) is 5.91 Å². The van der Waals surface area contributed by atoms with Crippen molar-refractivity contribution < 1.29 is 14.3 Å². The molecule has 4 aromatic rings. The van der Waals surface area contributed by atoms with Crippen molar-refractivity contribution >= 4 is 28.3 Å². The maximum absolute atomic E-state index is 13.1. The molecule has 0 aliphatic rings. The zero-order chi connectivity index (χ0) is 25.5. The third kappa shape index (κ3) is 5.95. The van der Waals surface area contributed by atoms with Crippen LogP contribution in [-0.2, 0) is 4.79 Å². The Morgan fingerprint density at radius 1 is 0.889 bits per heavy atom. The molecule has 0 spiro atoms. The molecule has 1 aromatic heterocycles. The van der Waals surface area contributed by atoms with Crippen molar-refractivity contribution in [3.63, 3.8) is 0 Å². The van der Waals surface area contributed by atoms with Crippen LogP contribution in [0.3, 0.4) is 0 Å². The van der Waals surface area contributed by atoms with Crippen LogP contribution in [0, 0.1) is 5.92 Å². The first-order valence-electron chi connectivity index (χ1n) is 11.7. The Balaban J connectivity index is 1.44. The monoisotopic (exact) mass is 500 g/mol. The van der Waals surface area contributed by atoms with Gasteiger partial charge in [-0.25, -0.2) is 0 Å². The quantitative estimate of drug-likeness (QED) is 0.309. The molecule has 0 saturated carbocycles. The lowest BCUT2D eigenvalue weighted by molar-refractivity contribution is -0.119. The van der Waals surface area contributed by atoms with Crippen LogP contribution in [0.2, 0.25) is 0 Å². The number of anilines is 1. The maximum Gasteiger partial charge on any atom is 0.251 e. The number of nitrogens with one attached hydrogen (secondary N) is 2. The molecule has 4 rings (SSSR count). The molecule has 0 aliphatic carbocycles. The van der Waals surface area contributed by atoms with Gasteiger partial charge in [-0.05, 0) is 53.4 Å². The topological polar surface area (TPSA) is 93.2 Å². The standard InChI is InChI=1S/C28H28N4O3S/c1-4-18(2)24(29-25(33)21-12-10-20(11-13-21)19-8-6-5-7-9-19)26(34)30-28-32-31-27(36-28)22-14-16-23(35-3)17-15-22/h5-18,24H,4H2,1-3H3,(H,29,33)(H,30,32,34). The minimum absolute atomic E-state index is 0.0773. The highest BCUT2D eigenvalue weighted by Gasteiger charge is 2.27. The number of hydrogen-bond donors (Lipinski definition) is 2. The highest BCUT2D eigenvalue weighted by Crippen LogP contribution is 2.28. The van der Waals surface area contributed by atoms with Gasteiger partial charge >= 0.3 is 0 Å². The van der Waals surface area contributed by atoms with E-state index in [0.717, 1.165) is 28.9 Å². The van der Waals surface area contributed by atoms with Crippen molar-refractivity contribution in [1.82, 2.24) is 15.5 Å². The summed E-state index contributed by atoms with van der Waals surface area (Å²) in [6, 6.07) is 24.1. The Morgan fingerprint density at radius 2 is 1.53 bits per heavy atom. The van der Waals surface area contributed by atoms with Crippen molar-refractivity contribution in [3.05, 3.63) is 84.4 Å². The Kier molecular flexibility index (Phi) is 8.07. The van der Waals surface area contributed by atoms with Gasteiger partial charge in [0.1, 0.15) is 16.8 Å². The van der Waals surface area contributed by atoms with Crippen LogP contribution in [0.5, 0.6) is 5.75 Å². The number of benzene rings is 3. The van der Waals surface area contributed by atoms with Crippen LogP contribution in [0.1, 0.15) is 30.6 Å². The fourth-order valence-electron chi connectivity index (χ4n) is 3.68. The van der Waals surface area contributed by atoms with E-state index < -0.39 is 6.04 Å². The number of ether oxygens (including phenoxy) is 1. The third-order valence-corrected chi connectivity index (χ3v) is 6.92. The molecule has 0 saturated heterocycles. The van der Waals surface area contributed by atoms with Crippen molar-refractivity contribution in [1.29, 1.82) is 0 Å². The van der Waals surface area contributed by atoms with Crippen LogP contribution in [0.4, 0.5) is 5.13 Å². The summed E-state index contributed by atoms with van der Waals surface area (Å²) in [7, 11) is 1.61. The smallest absolute Gasteiger partial charge is 0.251 e. The van der Waals surface area contributed by atoms with Crippen molar-refractivity contribution in [2.45, 2.75) is 26.3 Å². The van der Waals surface area contributed by atoms with E-state index in [-0.39, 0.29) is 17.7 Å². The second kappa shape index (κ2) is 11.6. The molecular weight excluding hydrogens is 472 g/mol. The van der Waals surface area contributed by atoms with Gasteiger partial charge in [0.15, 0.2) is 0 Å². The summed E-state index contributed by atoms with van der Waals surface area (Å²) >= 11 is 1.27. The highest BCUT2D eigenvalue weighted by molar-refractivity contribution is 7.18. The number of methoxy groups -OCH3 is 1. The molecule has 184 valence electrons. The fraction of sp³-hybridized carbons (Fsp3) is 0.214. The summed E-state index contributed by atoms with van der Waals surface area (Å²) in [6.45, 7) is 3.92. The summed E-state index contributed by atoms with van der Waals surface area (Å²) in [6.07, 6.45) is 0.721. The van der Waals surface area contributed by atoms with Gasteiger partial charge in [-0.2, -0.15) is 0 Å². The molecule has 8 heteroatoms.